The number of hydrogen-bond donors (Lipinski definition) is 0. The highest BCUT2D eigenvalue weighted by molar-refractivity contribution is 6.85. The van der Waals surface area contributed by atoms with Crippen LogP contribution in [-0.2, 0) is 78.1 Å². The van der Waals surface area contributed by atoms with Crippen LogP contribution in [0.4, 0.5) is 0 Å². The zero-order valence-electron chi connectivity index (χ0n) is 63.3. The lowest BCUT2D eigenvalue weighted by Crippen LogP contribution is -2.61. The van der Waals surface area contributed by atoms with E-state index in [4.69, 9.17) is 106 Å². The molecule has 30 nitrogen and oxygen atoms in total. The van der Waals surface area contributed by atoms with Crippen molar-refractivity contribution in [2.75, 3.05) is 37.4 Å². The first-order valence-corrected chi connectivity index (χ1v) is 59.7. The molecular weight excluding hydrogens is 1610 g/mol. The molecule has 108 heavy (non-hydrogen) atoms. The normalized spacial score (nSPS) is 14.6. The molecule has 0 unspecified atom stereocenters. The molecule has 42 heteroatoms. The molecule has 6 aromatic carbocycles. The Morgan fingerprint density at radius 1 is 0.222 bits per heavy atom. The highest BCUT2D eigenvalue weighted by atomic mass is 28.5. The summed E-state index contributed by atoms with van der Waals surface area (Å²) in [6.07, 6.45) is -0.604. The quantitative estimate of drug-likeness (QED) is 0.0200. The smallest absolute Gasteiger partial charge is 0.490 e. The number of ether oxygens (including phenoxy) is 12. The van der Waals surface area contributed by atoms with Crippen LogP contribution in [0.5, 0.6) is 69.0 Å². The average Bonchev–Trinajstić information content (AvgIpc) is 0.816. The van der Waals surface area contributed by atoms with Crippen LogP contribution in [0.2, 0.25) is 78.6 Å². The second-order valence-electron chi connectivity index (χ2n) is 27.3. The number of benzene rings is 6. The lowest BCUT2D eigenvalue weighted by molar-refractivity contribution is -0.132. The van der Waals surface area contributed by atoms with Crippen LogP contribution in [0.15, 0.2) is 146 Å². The predicted octanol–water partition coefficient (Wildman–Crippen LogP) is 10.6. The molecule has 1 saturated heterocycles. The minimum absolute atomic E-state index is 0.101. The molecule has 0 aliphatic carbocycles. The van der Waals surface area contributed by atoms with Gasteiger partial charge >= 0.3 is 93.0 Å². The maximum atomic E-state index is 12.3. The minimum Gasteiger partial charge on any atom is -0.490 e. The van der Waals surface area contributed by atoms with Crippen LogP contribution < -0.4 is 56.8 Å². The van der Waals surface area contributed by atoms with Gasteiger partial charge in [0.15, 0.2) is 69.0 Å². The molecule has 0 spiro atoms. The van der Waals surface area contributed by atoms with Crippen molar-refractivity contribution >= 4 is 143 Å². The highest BCUT2D eigenvalue weighted by Gasteiger charge is 2.53. The van der Waals surface area contributed by atoms with Gasteiger partial charge in [-0.05, 0) is 151 Å². The van der Waals surface area contributed by atoms with Gasteiger partial charge in [-0.15, -0.1) is 0 Å². The molecule has 1 aliphatic rings. The summed E-state index contributed by atoms with van der Waals surface area (Å²) in [6, 6.07) is 39.8. The monoisotopic (exact) mass is 1700 g/mol. The van der Waals surface area contributed by atoms with Crippen molar-refractivity contribution < 1.29 is 135 Å². The fourth-order valence-electron chi connectivity index (χ4n) is 8.67. The summed E-state index contributed by atoms with van der Waals surface area (Å²) in [5, 5.41) is 0. The Labute approximate surface area is 645 Å². The molecule has 6 radical (unpaired) electrons. The Bertz CT molecular complexity index is 3330. The van der Waals surface area contributed by atoms with Crippen LogP contribution in [0.3, 0.4) is 0 Å². The molecule has 0 aromatic heterocycles. The van der Waals surface area contributed by atoms with Gasteiger partial charge in [0, 0.05) is 41.5 Å². The Balaban J connectivity index is 1.42. The first-order chi connectivity index (χ1) is 50.8. The number of rotatable bonds is 36. The average molecular weight is 1700 g/mol. The van der Waals surface area contributed by atoms with Crippen molar-refractivity contribution in [3.8, 4) is 69.0 Å². The molecule has 0 N–H and O–H groups in total. The van der Waals surface area contributed by atoms with E-state index >= 15 is 0 Å². The SMILES string of the molecule is CC(=O)Oc1ccccc1OC[Si](C)(C)O[Si]1O[Si](O[Si](C)(C)COc2ccccc2OC(C)=O)O[Si](O[Si](C)(C)COc2ccccc2OC(C)=O)O[Si](O[Si](C)(C)COc2ccccc2OC(C)=O)O[Si](O[Si](C)(C)COc2ccccc2OC(C)=O)O[Si](O[Si](C)(C)COc2ccccc2OC(C)=O)O1. The summed E-state index contributed by atoms with van der Waals surface area (Å²) in [4.78, 5) is 74.1. The lowest BCUT2D eigenvalue weighted by atomic mass is 10.3. The van der Waals surface area contributed by atoms with Gasteiger partial charge in [-0.2, -0.15) is 0 Å². The van der Waals surface area contributed by atoms with Crippen LogP contribution in [0.25, 0.3) is 0 Å². The molecule has 582 valence electrons. The van der Waals surface area contributed by atoms with Crippen molar-refractivity contribution in [3.63, 3.8) is 0 Å². The van der Waals surface area contributed by atoms with Crippen LogP contribution in [-0.4, -0.2) is 180 Å². The van der Waals surface area contributed by atoms with Crippen molar-refractivity contribution in [2.45, 2.75) is 120 Å². The van der Waals surface area contributed by atoms with Crippen LogP contribution in [0.1, 0.15) is 41.5 Å². The maximum absolute atomic E-state index is 12.3. The molecule has 1 heterocycles. The molecular formula is C66H90O30Si12. The molecule has 0 amide bonds. The van der Waals surface area contributed by atoms with Crippen molar-refractivity contribution in [1.29, 1.82) is 0 Å². The van der Waals surface area contributed by atoms with Crippen molar-refractivity contribution in [3.05, 3.63) is 146 Å². The molecule has 7 rings (SSSR count). The summed E-state index contributed by atoms with van der Waals surface area (Å²) >= 11 is 0. The zero-order chi connectivity index (χ0) is 79.0. The number of carbonyl (C=O) groups is 6. The molecule has 6 aromatic rings. The molecule has 1 aliphatic heterocycles. The summed E-state index contributed by atoms with van der Waals surface area (Å²) in [6.45, 7) is 29.7. The van der Waals surface area contributed by atoms with Gasteiger partial charge in [0.05, 0.1) is 0 Å². The fourth-order valence-corrected chi connectivity index (χ4v) is 37.0. The summed E-state index contributed by atoms with van der Waals surface area (Å²) in [5.74, 6) is -1.11. The topological polar surface area (TPSA) is 324 Å². The van der Waals surface area contributed by atoms with E-state index < -0.39 is 143 Å². The predicted molar refractivity (Wildman–Crippen MR) is 412 cm³/mol. The summed E-state index contributed by atoms with van der Waals surface area (Å²) < 4.78 is 158. The van der Waals surface area contributed by atoms with Gasteiger partial charge in [0.25, 0.3) is 0 Å². The Morgan fingerprint density at radius 2 is 0.333 bits per heavy atom. The van der Waals surface area contributed by atoms with Gasteiger partial charge in [0.2, 0.25) is 49.9 Å². The second-order valence-corrected chi connectivity index (χ2v) is 62.9. The van der Waals surface area contributed by atoms with Gasteiger partial charge in [0.1, 0.15) is 37.4 Å². The van der Waals surface area contributed by atoms with E-state index in [2.05, 4.69) is 0 Å². The van der Waals surface area contributed by atoms with E-state index in [1.807, 2.05) is 78.6 Å². The largest absolute Gasteiger partial charge is 0.550 e. The third-order valence-electron chi connectivity index (χ3n) is 13.2. The molecule has 0 saturated carbocycles. The van der Waals surface area contributed by atoms with Gasteiger partial charge < -0.3 is 106 Å². The van der Waals surface area contributed by atoms with E-state index in [0.717, 1.165) is 0 Å². The third kappa shape index (κ3) is 31.8. The van der Waals surface area contributed by atoms with Crippen LogP contribution >= 0.6 is 0 Å². The molecule has 0 bridgehead atoms. The Hall–Kier alpha value is -6.94. The first kappa shape index (κ1) is 88.3. The van der Waals surface area contributed by atoms with E-state index in [-0.39, 0.29) is 106 Å². The summed E-state index contributed by atoms with van der Waals surface area (Å²) in [5.41, 5.74) is 0. The highest BCUT2D eigenvalue weighted by Crippen LogP contribution is 2.35. The standard InChI is InChI=1S/C66H90O30Si12/c1-49(67)79-61-37-25-19-31-55(61)73-43-103(7,8)91-97-85-98(92-104(9,10)44-74-56-32-20-26-38-62(56)80-50(2)68)87-100(94-106(13,14)46-76-58-34-22-28-40-64(58)82-52(4)70)89-102(96-108(17,18)48-78-60-36-24-30-42-66(60)84-54(6)72)90-101(95-107(15,16)47-77-59-35-23-29-41-65(59)83-53(5)71)88-99(86-97)93-105(11,12)45-75-57-33-21-27-39-63(57)81-51(3)69/h19-42H,43-48H2,1-18H3. The minimum atomic E-state index is -3.44. The van der Waals surface area contributed by atoms with Crippen molar-refractivity contribution in [1.82, 2.24) is 0 Å². The van der Waals surface area contributed by atoms with Gasteiger partial charge in [-0.25, -0.2) is 0 Å². The summed E-state index contributed by atoms with van der Waals surface area (Å²) in [7, 11) is -40.9. The molecule has 1 fully saturated rings. The Morgan fingerprint density at radius 3 is 0.444 bits per heavy atom. The van der Waals surface area contributed by atoms with Gasteiger partial charge in [-0.3, -0.25) is 28.8 Å². The first-order valence-electron chi connectivity index (χ1n) is 33.6. The zero-order valence-corrected chi connectivity index (χ0v) is 75.3. The van der Waals surface area contributed by atoms with Crippen LogP contribution in [0, 0.1) is 0 Å². The number of para-hydroxylation sites is 12. The number of esters is 6. The maximum Gasteiger partial charge on any atom is 0.550 e. The van der Waals surface area contributed by atoms with Gasteiger partial charge in [-0.1, -0.05) is 72.8 Å². The number of carbonyl (C=O) groups excluding carboxylic acids is 6. The van der Waals surface area contributed by atoms with Crippen molar-refractivity contribution in [2.24, 2.45) is 0 Å². The van der Waals surface area contributed by atoms with E-state index in [1.165, 1.54) is 41.5 Å². The number of hydrogen-bond acceptors (Lipinski definition) is 30. The third-order valence-corrected chi connectivity index (χ3v) is 43.5. The lowest BCUT2D eigenvalue weighted by Gasteiger charge is -2.37. The second kappa shape index (κ2) is 40.8. The van der Waals surface area contributed by atoms with E-state index in [9.17, 15) is 28.8 Å². The molecule has 0 atom stereocenters. The van der Waals surface area contributed by atoms with E-state index in [1.54, 1.807) is 146 Å². The fraction of sp³-hybridized carbons (Fsp3) is 0.364. The Kier molecular flexibility index (Phi) is 33.4. The van der Waals surface area contributed by atoms with E-state index in [0.29, 0.717) is 0 Å².